The van der Waals surface area contributed by atoms with Crippen molar-refractivity contribution in [3.05, 3.63) is 63.9 Å². The van der Waals surface area contributed by atoms with Gasteiger partial charge in [0, 0.05) is 18.9 Å². The van der Waals surface area contributed by atoms with Gasteiger partial charge in [0.25, 0.3) is 0 Å². The highest BCUT2D eigenvalue weighted by Gasteiger charge is 2.14. The maximum Gasteiger partial charge on any atom is 0.235 e. The van der Waals surface area contributed by atoms with Crippen LogP contribution in [-0.4, -0.2) is 25.9 Å². The fourth-order valence-corrected chi connectivity index (χ4v) is 3.23. The Balaban J connectivity index is 1.83. The van der Waals surface area contributed by atoms with E-state index < -0.39 is 15.9 Å². The van der Waals surface area contributed by atoms with Gasteiger partial charge in [0.2, 0.25) is 15.9 Å². The van der Waals surface area contributed by atoms with Gasteiger partial charge in [-0.25, -0.2) is 13.1 Å². The van der Waals surface area contributed by atoms with Crippen molar-refractivity contribution in [2.24, 2.45) is 0 Å². The van der Waals surface area contributed by atoms with Crippen LogP contribution in [0.3, 0.4) is 0 Å². The van der Waals surface area contributed by atoms with Gasteiger partial charge in [0.1, 0.15) is 0 Å². The highest BCUT2D eigenvalue weighted by Crippen LogP contribution is 2.23. The second-order valence-electron chi connectivity index (χ2n) is 4.97. The molecular weight excluding hydrogens is 373 g/mol. The number of hydrogen-bond donors (Lipinski definition) is 2. The lowest BCUT2D eigenvalue weighted by molar-refractivity contribution is -0.120. The van der Waals surface area contributed by atoms with Crippen LogP contribution < -0.4 is 10.0 Å². The van der Waals surface area contributed by atoms with Crippen molar-refractivity contribution >= 4 is 39.1 Å². The summed E-state index contributed by atoms with van der Waals surface area (Å²) < 4.78 is 26.2. The first-order valence-electron chi connectivity index (χ1n) is 6.92. The van der Waals surface area contributed by atoms with Crippen LogP contribution in [-0.2, 0) is 27.1 Å². The van der Waals surface area contributed by atoms with E-state index >= 15 is 0 Å². The maximum absolute atomic E-state index is 12.0. The van der Waals surface area contributed by atoms with E-state index in [1.54, 1.807) is 24.5 Å². The third-order valence-electron chi connectivity index (χ3n) is 3.01. The predicted octanol–water partition coefficient (Wildman–Crippen LogP) is 2.12. The molecule has 0 saturated heterocycles. The summed E-state index contributed by atoms with van der Waals surface area (Å²) in [5, 5.41) is 3.23. The largest absolute Gasteiger partial charge is 0.351 e. The smallest absolute Gasteiger partial charge is 0.235 e. The molecule has 0 radical (unpaired) electrons. The molecule has 0 fully saturated rings. The number of benzene rings is 1. The Labute approximate surface area is 150 Å². The number of aromatic nitrogens is 1. The van der Waals surface area contributed by atoms with Crippen molar-refractivity contribution in [2.45, 2.75) is 12.3 Å². The molecule has 0 bridgehead atoms. The lowest BCUT2D eigenvalue weighted by Gasteiger charge is -2.08. The minimum Gasteiger partial charge on any atom is -0.351 e. The molecule has 0 aliphatic heterocycles. The van der Waals surface area contributed by atoms with E-state index in [-0.39, 0.29) is 23.9 Å². The minimum atomic E-state index is -3.67. The van der Waals surface area contributed by atoms with Gasteiger partial charge in [0.05, 0.1) is 22.3 Å². The quantitative estimate of drug-likeness (QED) is 0.761. The monoisotopic (exact) mass is 387 g/mol. The van der Waals surface area contributed by atoms with Crippen LogP contribution in [0, 0.1) is 0 Å². The first-order chi connectivity index (χ1) is 11.4. The van der Waals surface area contributed by atoms with Gasteiger partial charge in [-0.1, -0.05) is 35.3 Å². The van der Waals surface area contributed by atoms with Gasteiger partial charge in [0.15, 0.2) is 0 Å². The van der Waals surface area contributed by atoms with Crippen molar-refractivity contribution in [1.82, 2.24) is 15.0 Å². The summed E-state index contributed by atoms with van der Waals surface area (Å²) >= 11 is 11.6. The molecule has 2 N–H and O–H groups in total. The van der Waals surface area contributed by atoms with Gasteiger partial charge in [-0.15, -0.1) is 0 Å². The van der Waals surface area contributed by atoms with E-state index in [2.05, 4.69) is 15.0 Å². The molecule has 0 saturated carbocycles. The van der Waals surface area contributed by atoms with Gasteiger partial charge < -0.3 is 5.32 Å². The summed E-state index contributed by atoms with van der Waals surface area (Å²) in [6.45, 7) is -0.0644. The lowest BCUT2D eigenvalue weighted by atomic mass is 10.2. The lowest BCUT2D eigenvalue weighted by Crippen LogP contribution is -2.37. The van der Waals surface area contributed by atoms with Gasteiger partial charge >= 0.3 is 0 Å². The number of hydrogen-bond acceptors (Lipinski definition) is 4. The molecule has 6 nitrogen and oxygen atoms in total. The zero-order valence-corrected chi connectivity index (χ0v) is 14.8. The molecule has 9 heteroatoms. The number of nitrogens with one attached hydrogen (secondary N) is 2. The molecule has 2 rings (SSSR count). The van der Waals surface area contributed by atoms with Crippen molar-refractivity contribution in [2.75, 3.05) is 6.54 Å². The number of halogens is 2. The van der Waals surface area contributed by atoms with E-state index in [4.69, 9.17) is 23.2 Å². The summed E-state index contributed by atoms with van der Waals surface area (Å²) in [5.41, 5.74) is 1.30. The van der Waals surface area contributed by atoms with Crippen molar-refractivity contribution in [1.29, 1.82) is 0 Å². The van der Waals surface area contributed by atoms with Crippen LogP contribution in [0.4, 0.5) is 0 Å². The minimum absolute atomic E-state index is 0.276. The highest BCUT2D eigenvalue weighted by atomic mass is 35.5. The average molecular weight is 388 g/mol. The summed E-state index contributed by atoms with van der Waals surface area (Å²) in [7, 11) is -3.67. The average Bonchev–Trinajstić information content (AvgIpc) is 2.55. The van der Waals surface area contributed by atoms with Crippen LogP contribution in [0.1, 0.15) is 11.1 Å². The van der Waals surface area contributed by atoms with Crippen LogP contribution >= 0.6 is 23.2 Å². The number of sulfonamides is 1. The van der Waals surface area contributed by atoms with Crippen LogP contribution in [0.15, 0.2) is 42.7 Å². The number of rotatable bonds is 7. The molecule has 1 heterocycles. The molecule has 0 aliphatic rings. The standard InChI is InChI=1S/C15H15Cl2N3O3S/c16-13-4-3-11(6-14(13)17)10-24(22,23)20-9-15(21)19-8-12-2-1-5-18-7-12/h1-7,20H,8-10H2,(H,19,21). The van der Waals surface area contributed by atoms with Crippen LogP contribution in [0.2, 0.25) is 10.0 Å². The maximum atomic E-state index is 12.0. The molecule has 1 aromatic heterocycles. The third-order valence-corrected chi connectivity index (χ3v) is 5.04. The molecule has 2 aromatic rings. The second kappa shape index (κ2) is 8.43. The number of amides is 1. The predicted molar refractivity (Wildman–Crippen MR) is 93.2 cm³/mol. The Morgan fingerprint density at radius 2 is 1.92 bits per heavy atom. The molecule has 1 aromatic carbocycles. The molecule has 24 heavy (non-hydrogen) atoms. The topological polar surface area (TPSA) is 88.2 Å². The molecule has 0 atom stereocenters. The van der Waals surface area contributed by atoms with Gasteiger partial charge in [-0.3, -0.25) is 9.78 Å². The molecule has 1 amide bonds. The highest BCUT2D eigenvalue weighted by molar-refractivity contribution is 7.88. The molecule has 128 valence electrons. The molecule has 0 unspecified atom stereocenters. The molecule has 0 aliphatic carbocycles. The SMILES string of the molecule is O=C(CNS(=O)(=O)Cc1ccc(Cl)c(Cl)c1)NCc1cccnc1. The molecular formula is C15H15Cl2N3O3S. The zero-order valence-electron chi connectivity index (χ0n) is 12.5. The zero-order chi connectivity index (χ0) is 17.6. The van der Waals surface area contributed by atoms with Gasteiger partial charge in [-0.2, -0.15) is 0 Å². The van der Waals surface area contributed by atoms with Crippen molar-refractivity contribution in [3.63, 3.8) is 0 Å². The van der Waals surface area contributed by atoms with E-state index in [9.17, 15) is 13.2 Å². The fourth-order valence-electron chi connectivity index (χ4n) is 1.84. The Hall–Kier alpha value is -1.67. The third kappa shape index (κ3) is 6.09. The fraction of sp³-hybridized carbons (Fsp3) is 0.200. The van der Waals surface area contributed by atoms with Crippen molar-refractivity contribution < 1.29 is 13.2 Å². The van der Waals surface area contributed by atoms with E-state index in [0.29, 0.717) is 10.6 Å². The summed E-state index contributed by atoms with van der Waals surface area (Å²) in [4.78, 5) is 15.6. The van der Waals surface area contributed by atoms with E-state index in [0.717, 1.165) is 5.56 Å². The number of nitrogens with zero attached hydrogens (tertiary/aromatic N) is 1. The Morgan fingerprint density at radius 1 is 1.12 bits per heavy atom. The summed E-state index contributed by atoms with van der Waals surface area (Å²) in [6, 6.07) is 8.13. The van der Waals surface area contributed by atoms with Crippen LogP contribution in [0.5, 0.6) is 0 Å². The van der Waals surface area contributed by atoms with Gasteiger partial charge in [-0.05, 0) is 29.3 Å². The Bertz CT molecular complexity index is 814. The van der Waals surface area contributed by atoms with Crippen LogP contribution in [0.25, 0.3) is 0 Å². The van der Waals surface area contributed by atoms with Crippen molar-refractivity contribution in [3.8, 4) is 0 Å². The number of carbonyl (C=O) groups excluding carboxylic acids is 1. The number of carbonyl (C=O) groups is 1. The second-order valence-corrected chi connectivity index (χ2v) is 7.59. The Kier molecular flexibility index (Phi) is 6.56. The number of pyridine rings is 1. The molecule has 0 spiro atoms. The summed E-state index contributed by atoms with van der Waals surface area (Å²) in [6.07, 6.45) is 3.25. The summed E-state index contributed by atoms with van der Waals surface area (Å²) in [5.74, 6) is -0.726. The first kappa shape index (κ1) is 18.7. The first-order valence-corrected chi connectivity index (χ1v) is 9.33. The van der Waals surface area contributed by atoms with E-state index in [1.165, 1.54) is 12.1 Å². The van der Waals surface area contributed by atoms with E-state index in [1.807, 2.05) is 6.07 Å². The normalized spacial score (nSPS) is 11.2. The Morgan fingerprint density at radius 3 is 2.58 bits per heavy atom.